The van der Waals surface area contributed by atoms with Gasteiger partial charge >= 0.3 is 0 Å². The summed E-state index contributed by atoms with van der Waals surface area (Å²) >= 11 is 0. The van der Waals surface area contributed by atoms with Gasteiger partial charge in [0.2, 0.25) is 10.0 Å². The number of hydrogen-bond acceptors (Lipinski definition) is 5. The highest BCUT2D eigenvalue weighted by atomic mass is 32.2. The molecule has 0 aromatic carbocycles. The van der Waals surface area contributed by atoms with Crippen LogP contribution >= 0.6 is 0 Å². The molecule has 0 bridgehead atoms. The number of rotatable bonds is 7. The fraction of sp³-hybridized carbons (Fsp3) is 0.750. The van der Waals surface area contributed by atoms with Crippen LogP contribution in [-0.2, 0) is 21.3 Å². The molecule has 7 nitrogen and oxygen atoms in total. The molecule has 2 N–H and O–H groups in total. The highest BCUT2D eigenvalue weighted by molar-refractivity contribution is 7.89. The molecule has 1 aromatic heterocycles. The van der Waals surface area contributed by atoms with E-state index in [2.05, 4.69) is 15.1 Å². The Morgan fingerprint density at radius 1 is 1.55 bits per heavy atom. The van der Waals surface area contributed by atoms with Crippen molar-refractivity contribution in [3.63, 3.8) is 0 Å². The van der Waals surface area contributed by atoms with Crippen molar-refractivity contribution in [2.45, 2.75) is 24.3 Å². The van der Waals surface area contributed by atoms with Gasteiger partial charge in [0.1, 0.15) is 4.90 Å². The number of nitrogens with zero attached hydrogens (tertiary/aromatic N) is 2. The van der Waals surface area contributed by atoms with E-state index in [1.165, 1.54) is 6.20 Å². The molecule has 8 heteroatoms. The second kappa shape index (κ2) is 7.16. The Hall–Kier alpha value is -0.960. The second-order valence-corrected chi connectivity index (χ2v) is 6.74. The van der Waals surface area contributed by atoms with Gasteiger partial charge in [-0.2, -0.15) is 5.10 Å². The van der Waals surface area contributed by atoms with Gasteiger partial charge in [0, 0.05) is 25.9 Å². The first-order chi connectivity index (χ1) is 9.62. The molecule has 1 aromatic rings. The Morgan fingerprint density at radius 2 is 2.40 bits per heavy atom. The predicted molar refractivity (Wildman–Crippen MR) is 74.9 cm³/mol. The van der Waals surface area contributed by atoms with Crippen molar-refractivity contribution in [3.05, 3.63) is 12.4 Å². The molecular formula is C12H22N4O3S. The molecule has 2 rings (SSSR count). The molecular weight excluding hydrogens is 280 g/mol. The predicted octanol–water partition coefficient (Wildman–Crippen LogP) is -0.193. The maximum atomic E-state index is 12.1. The number of ether oxygens (including phenoxy) is 1. The molecule has 0 saturated carbocycles. The van der Waals surface area contributed by atoms with E-state index in [1.807, 2.05) is 7.05 Å². The highest BCUT2D eigenvalue weighted by Crippen LogP contribution is 2.14. The van der Waals surface area contributed by atoms with Crippen LogP contribution in [0.1, 0.15) is 12.8 Å². The first-order valence-electron chi connectivity index (χ1n) is 6.86. The maximum absolute atomic E-state index is 12.1. The summed E-state index contributed by atoms with van der Waals surface area (Å²) in [6.07, 6.45) is 4.94. The minimum Gasteiger partial charge on any atom is -0.381 e. The van der Waals surface area contributed by atoms with E-state index in [0.29, 0.717) is 19.7 Å². The summed E-state index contributed by atoms with van der Waals surface area (Å²) in [5.41, 5.74) is 0. The van der Waals surface area contributed by atoms with Gasteiger partial charge in [-0.05, 0) is 25.8 Å². The SMILES string of the molecule is CNCCn1cc(S(=O)(=O)NCC2CCCOC2)cn1. The lowest BCUT2D eigenvalue weighted by molar-refractivity contribution is 0.0568. The third-order valence-corrected chi connectivity index (χ3v) is 4.71. The molecule has 20 heavy (non-hydrogen) atoms. The number of hydrogen-bond donors (Lipinski definition) is 2. The fourth-order valence-electron chi connectivity index (χ4n) is 2.11. The molecule has 1 fully saturated rings. The Kier molecular flexibility index (Phi) is 5.53. The third-order valence-electron chi connectivity index (χ3n) is 3.33. The molecule has 2 heterocycles. The molecule has 1 saturated heterocycles. The number of aromatic nitrogens is 2. The van der Waals surface area contributed by atoms with E-state index in [4.69, 9.17) is 4.74 Å². The zero-order valence-electron chi connectivity index (χ0n) is 11.7. The van der Waals surface area contributed by atoms with Crippen LogP contribution < -0.4 is 10.0 Å². The molecule has 0 aliphatic carbocycles. The van der Waals surface area contributed by atoms with Crippen molar-refractivity contribution in [1.29, 1.82) is 0 Å². The minimum atomic E-state index is -3.47. The number of sulfonamides is 1. The second-order valence-electron chi connectivity index (χ2n) is 4.98. The van der Waals surface area contributed by atoms with E-state index < -0.39 is 10.0 Å². The third kappa shape index (κ3) is 4.27. The van der Waals surface area contributed by atoms with Crippen LogP contribution in [0.5, 0.6) is 0 Å². The lowest BCUT2D eigenvalue weighted by atomic mass is 10.0. The summed E-state index contributed by atoms with van der Waals surface area (Å²) < 4.78 is 33.9. The van der Waals surface area contributed by atoms with Crippen molar-refractivity contribution < 1.29 is 13.2 Å². The topological polar surface area (TPSA) is 85.2 Å². The average Bonchev–Trinajstić information content (AvgIpc) is 2.94. The molecule has 0 spiro atoms. The first kappa shape index (κ1) is 15.4. The largest absolute Gasteiger partial charge is 0.381 e. The summed E-state index contributed by atoms with van der Waals surface area (Å²) in [5, 5.41) is 7.04. The van der Waals surface area contributed by atoms with Crippen LogP contribution in [-0.4, -0.2) is 51.5 Å². The molecule has 1 aliphatic heterocycles. The Labute approximate surface area is 119 Å². The number of likely N-dealkylation sites (N-methyl/N-ethyl adjacent to an activating group) is 1. The van der Waals surface area contributed by atoms with Gasteiger partial charge in [-0.3, -0.25) is 4.68 Å². The van der Waals surface area contributed by atoms with Gasteiger partial charge in [-0.25, -0.2) is 13.1 Å². The Balaban J connectivity index is 1.90. The van der Waals surface area contributed by atoms with E-state index in [0.717, 1.165) is 26.0 Å². The van der Waals surface area contributed by atoms with Crippen LogP contribution in [0.2, 0.25) is 0 Å². The standard InChI is InChI=1S/C12H22N4O3S/c1-13-4-5-16-9-12(8-14-16)20(17,18)15-7-11-3-2-6-19-10-11/h8-9,11,13,15H,2-7,10H2,1H3. The van der Waals surface area contributed by atoms with E-state index >= 15 is 0 Å². The summed E-state index contributed by atoms with van der Waals surface area (Å²) in [6.45, 7) is 3.21. The number of nitrogens with one attached hydrogen (secondary N) is 2. The molecule has 1 atom stereocenters. The molecule has 0 radical (unpaired) electrons. The van der Waals surface area contributed by atoms with Crippen LogP contribution in [0.25, 0.3) is 0 Å². The molecule has 1 aliphatic rings. The summed E-state index contributed by atoms with van der Waals surface area (Å²) in [7, 11) is -1.63. The quantitative estimate of drug-likeness (QED) is 0.729. The monoisotopic (exact) mass is 302 g/mol. The van der Waals surface area contributed by atoms with Crippen molar-refractivity contribution >= 4 is 10.0 Å². The van der Waals surface area contributed by atoms with Crippen molar-refractivity contribution in [1.82, 2.24) is 19.8 Å². The van der Waals surface area contributed by atoms with Crippen LogP contribution in [0.15, 0.2) is 17.3 Å². The molecule has 1 unspecified atom stereocenters. The normalized spacial score (nSPS) is 20.1. The maximum Gasteiger partial charge on any atom is 0.243 e. The van der Waals surface area contributed by atoms with Gasteiger partial charge in [0.05, 0.1) is 19.3 Å². The zero-order valence-corrected chi connectivity index (χ0v) is 12.5. The van der Waals surface area contributed by atoms with Gasteiger partial charge in [-0.15, -0.1) is 0 Å². The van der Waals surface area contributed by atoms with E-state index in [-0.39, 0.29) is 10.8 Å². The van der Waals surface area contributed by atoms with Crippen LogP contribution in [0.4, 0.5) is 0 Å². The highest BCUT2D eigenvalue weighted by Gasteiger charge is 2.20. The first-order valence-corrected chi connectivity index (χ1v) is 8.34. The molecule has 114 valence electrons. The fourth-order valence-corrected chi connectivity index (χ4v) is 3.18. The van der Waals surface area contributed by atoms with E-state index in [9.17, 15) is 8.42 Å². The van der Waals surface area contributed by atoms with Crippen molar-refractivity contribution in [2.24, 2.45) is 5.92 Å². The van der Waals surface area contributed by atoms with Crippen molar-refractivity contribution in [2.75, 3.05) is 33.4 Å². The van der Waals surface area contributed by atoms with Gasteiger partial charge in [0.25, 0.3) is 0 Å². The van der Waals surface area contributed by atoms with Crippen LogP contribution in [0, 0.1) is 5.92 Å². The summed E-state index contributed by atoms with van der Waals surface area (Å²) in [6, 6.07) is 0. The Morgan fingerprint density at radius 3 is 3.10 bits per heavy atom. The molecule has 0 amide bonds. The smallest absolute Gasteiger partial charge is 0.243 e. The minimum absolute atomic E-state index is 0.213. The van der Waals surface area contributed by atoms with Gasteiger partial charge < -0.3 is 10.1 Å². The lowest BCUT2D eigenvalue weighted by Gasteiger charge is -2.21. The van der Waals surface area contributed by atoms with Gasteiger partial charge in [0.15, 0.2) is 0 Å². The average molecular weight is 302 g/mol. The van der Waals surface area contributed by atoms with E-state index in [1.54, 1.807) is 10.9 Å². The summed E-state index contributed by atoms with van der Waals surface area (Å²) in [5.74, 6) is 0.262. The Bertz CT molecular complexity index is 509. The lowest BCUT2D eigenvalue weighted by Crippen LogP contribution is -2.33. The summed E-state index contributed by atoms with van der Waals surface area (Å²) in [4.78, 5) is 0.213. The van der Waals surface area contributed by atoms with Gasteiger partial charge in [-0.1, -0.05) is 0 Å². The van der Waals surface area contributed by atoms with Crippen LogP contribution in [0.3, 0.4) is 0 Å². The van der Waals surface area contributed by atoms with Crippen molar-refractivity contribution in [3.8, 4) is 0 Å². The zero-order chi connectivity index (χ0) is 14.4.